The maximum atomic E-state index is 13.3. The van der Waals surface area contributed by atoms with Crippen molar-refractivity contribution in [2.75, 3.05) is 32.1 Å². The summed E-state index contributed by atoms with van der Waals surface area (Å²) in [6.07, 6.45) is 0. The molecule has 0 N–H and O–H groups in total. The van der Waals surface area contributed by atoms with E-state index >= 15 is 0 Å². The number of rotatable bonds is 5. The first-order valence-electron chi connectivity index (χ1n) is 9.69. The average Bonchev–Trinajstić information content (AvgIpc) is 2.78. The summed E-state index contributed by atoms with van der Waals surface area (Å²) in [6, 6.07) is 17.0. The van der Waals surface area contributed by atoms with E-state index in [2.05, 4.69) is 0 Å². The molecule has 3 aromatic rings. The van der Waals surface area contributed by atoms with Crippen molar-refractivity contribution in [3.63, 3.8) is 0 Å². The van der Waals surface area contributed by atoms with Crippen LogP contribution in [0.25, 0.3) is 10.9 Å². The Kier molecular flexibility index (Phi) is 5.97. The molecule has 4 rings (SSSR count). The fraction of sp³-hybridized carbons (Fsp3) is 0.318. The molecular weight excluding hydrogens is 386 g/mol. The van der Waals surface area contributed by atoms with Crippen molar-refractivity contribution in [1.82, 2.24) is 14.5 Å². The first-order chi connectivity index (χ1) is 14.1. The minimum absolute atomic E-state index is 0.0413. The minimum atomic E-state index is -0.193. The lowest BCUT2D eigenvalue weighted by molar-refractivity contribution is -0.132. The third-order valence-electron chi connectivity index (χ3n) is 5.13. The second-order valence-electron chi connectivity index (χ2n) is 6.96. The van der Waals surface area contributed by atoms with Gasteiger partial charge in [0.25, 0.3) is 5.56 Å². The zero-order valence-corrected chi connectivity index (χ0v) is 17.1. The molecule has 0 spiro atoms. The van der Waals surface area contributed by atoms with E-state index in [1.807, 2.05) is 55.5 Å². The Hall–Kier alpha value is -2.64. The fourth-order valence-electron chi connectivity index (χ4n) is 3.48. The monoisotopic (exact) mass is 409 g/mol. The number of fused-ring (bicyclic) bond motifs is 1. The Balaban J connectivity index is 1.69. The van der Waals surface area contributed by atoms with Gasteiger partial charge in [0.05, 0.1) is 35.9 Å². The van der Waals surface area contributed by atoms with Crippen LogP contribution < -0.4 is 5.56 Å². The van der Waals surface area contributed by atoms with Gasteiger partial charge in [-0.05, 0) is 24.6 Å². The number of thioether (sulfide) groups is 1. The van der Waals surface area contributed by atoms with Gasteiger partial charge in [-0.25, -0.2) is 4.98 Å². The van der Waals surface area contributed by atoms with Gasteiger partial charge in [0.1, 0.15) is 0 Å². The second kappa shape index (κ2) is 8.80. The maximum absolute atomic E-state index is 13.3. The summed E-state index contributed by atoms with van der Waals surface area (Å²) in [6.45, 7) is 4.34. The van der Waals surface area contributed by atoms with Gasteiger partial charge in [-0.1, -0.05) is 54.2 Å². The topological polar surface area (TPSA) is 64.4 Å². The molecule has 1 amide bonds. The van der Waals surface area contributed by atoms with Gasteiger partial charge < -0.3 is 9.64 Å². The highest BCUT2D eigenvalue weighted by atomic mass is 32.2. The van der Waals surface area contributed by atoms with Crippen LogP contribution in [0.4, 0.5) is 0 Å². The molecule has 1 aromatic heterocycles. The van der Waals surface area contributed by atoms with E-state index in [-0.39, 0.29) is 23.3 Å². The van der Waals surface area contributed by atoms with Crippen molar-refractivity contribution in [2.45, 2.75) is 18.1 Å². The van der Waals surface area contributed by atoms with Crippen LogP contribution in [0.2, 0.25) is 0 Å². The van der Waals surface area contributed by atoms with Crippen LogP contribution in [0.15, 0.2) is 64.5 Å². The van der Waals surface area contributed by atoms with E-state index in [4.69, 9.17) is 9.72 Å². The molecule has 1 aliphatic rings. The Morgan fingerprint density at radius 2 is 1.79 bits per heavy atom. The molecule has 2 aromatic carbocycles. The third kappa shape index (κ3) is 4.21. The van der Waals surface area contributed by atoms with Gasteiger partial charge in [-0.3, -0.25) is 14.2 Å². The van der Waals surface area contributed by atoms with Gasteiger partial charge >= 0.3 is 0 Å². The maximum Gasteiger partial charge on any atom is 0.262 e. The molecule has 2 heterocycles. The molecule has 0 aliphatic carbocycles. The number of ether oxygens (including phenoxy) is 1. The van der Waals surface area contributed by atoms with Gasteiger partial charge in [0.15, 0.2) is 5.16 Å². The molecule has 1 saturated heterocycles. The molecular formula is C22H23N3O3S. The van der Waals surface area contributed by atoms with Crippen LogP contribution in [-0.4, -0.2) is 52.4 Å². The Morgan fingerprint density at radius 1 is 1.10 bits per heavy atom. The standard InChI is InChI=1S/C22H23N3O3S/c1-16(17-7-3-2-4-8-17)25-21(27)18-9-5-6-10-19(18)23-22(25)29-15-20(26)24-11-13-28-14-12-24/h2-10,16H,11-15H2,1H3/t16-/m0/s1. The summed E-state index contributed by atoms with van der Waals surface area (Å²) in [4.78, 5) is 32.4. The van der Waals surface area contributed by atoms with Gasteiger partial charge in [-0.2, -0.15) is 0 Å². The van der Waals surface area contributed by atoms with Crippen LogP contribution in [0, 0.1) is 0 Å². The van der Waals surface area contributed by atoms with Gasteiger partial charge in [-0.15, -0.1) is 0 Å². The Bertz CT molecular complexity index is 1060. The van der Waals surface area contributed by atoms with Crippen molar-refractivity contribution >= 4 is 28.6 Å². The normalized spacial score (nSPS) is 15.4. The van der Waals surface area contributed by atoms with E-state index in [1.165, 1.54) is 11.8 Å². The molecule has 1 atom stereocenters. The summed E-state index contributed by atoms with van der Waals surface area (Å²) in [5.74, 6) is 0.284. The number of carbonyl (C=O) groups is 1. The number of hydrogen-bond acceptors (Lipinski definition) is 5. The van der Waals surface area contributed by atoms with Crippen molar-refractivity contribution in [2.24, 2.45) is 0 Å². The molecule has 0 saturated carbocycles. The first-order valence-corrected chi connectivity index (χ1v) is 10.7. The van der Waals surface area contributed by atoms with Crippen molar-refractivity contribution < 1.29 is 9.53 Å². The molecule has 6 nitrogen and oxygen atoms in total. The number of morpholine rings is 1. The van der Waals surface area contributed by atoms with Crippen molar-refractivity contribution in [1.29, 1.82) is 0 Å². The summed E-state index contributed by atoms with van der Waals surface area (Å²) in [5.41, 5.74) is 1.58. The molecule has 150 valence electrons. The smallest absolute Gasteiger partial charge is 0.262 e. The van der Waals surface area contributed by atoms with E-state index in [0.717, 1.165) is 5.56 Å². The van der Waals surface area contributed by atoms with E-state index < -0.39 is 0 Å². The molecule has 29 heavy (non-hydrogen) atoms. The average molecular weight is 410 g/mol. The van der Waals surface area contributed by atoms with Crippen LogP contribution in [0.3, 0.4) is 0 Å². The lowest BCUT2D eigenvalue weighted by Gasteiger charge is -2.27. The van der Waals surface area contributed by atoms with Gasteiger partial charge in [0, 0.05) is 13.1 Å². The number of amides is 1. The number of benzene rings is 2. The highest BCUT2D eigenvalue weighted by Crippen LogP contribution is 2.25. The number of aromatic nitrogens is 2. The van der Waals surface area contributed by atoms with Crippen molar-refractivity contribution in [3.8, 4) is 0 Å². The molecule has 1 fully saturated rings. The molecule has 0 radical (unpaired) electrons. The highest BCUT2D eigenvalue weighted by molar-refractivity contribution is 7.99. The molecule has 0 unspecified atom stereocenters. The lowest BCUT2D eigenvalue weighted by Crippen LogP contribution is -2.41. The van der Waals surface area contributed by atoms with Crippen LogP contribution in [0.5, 0.6) is 0 Å². The first kappa shape index (κ1) is 19.7. The van der Waals surface area contributed by atoms with Gasteiger partial charge in [0.2, 0.25) is 5.91 Å². The van der Waals surface area contributed by atoms with Crippen LogP contribution in [-0.2, 0) is 9.53 Å². The SMILES string of the molecule is C[C@@H](c1ccccc1)n1c(SCC(=O)N2CCOCC2)nc2ccccc2c1=O. The lowest BCUT2D eigenvalue weighted by atomic mass is 10.1. The van der Waals surface area contributed by atoms with Crippen LogP contribution >= 0.6 is 11.8 Å². The largest absolute Gasteiger partial charge is 0.378 e. The van der Waals surface area contributed by atoms with E-state index in [0.29, 0.717) is 42.4 Å². The Labute approximate surface area is 173 Å². The predicted octanol–water partition coefficient (Wildman–Crippen LogP) is 2.96. The fourth-order valence-corrected chi connectivity index (χ4v) is 4.46. The third-order valence-corrected chi connectivity index (χ3v) is 6.07. The van der Waals surface area contributed by atoms with E-state index in [9.17, 15) is 9.59 Å². The second-order valence-corrected chi connectivity index (χ2v) is 7.90. The summed E-state index contributed by atoms with van der Waals surface area (Å²) in [5, 5.41) is 1.14. The number of hydrogen-bond donors (Lipinski definition) is 0. The summed E-state index contributed by atoms with van der Waals surface area (Å²) < 4.78 is 7.02. The molecule has 7 heteroatoms. The number of nitrogens with zero attached hydrogens (tertiary/aromatic N) is 3. The highest BCUT2D eigenvalue weighted by Gasteiger charge is 2.21. The molecule has 1 aliphatic heterocycles. The summed E-state index contributed by atoms with van der Waals surface area (Å²) >= 11 is 1.32. The predicted molar refractivity (Wildman–Crippen MR) is 114 cm³/mol. The van der Waals surface area contributed by atoms with E-state index in [1.54, 1.807) is 15.5 Å². The quantitative estimate of drug-likeness (QED) is 0.479. The van der Waals surface area contributed by atoms with Crippen molar-refractivity contribution in [3.05, 3.63) is 70.5 Å². The van der Waals surface area contributed by atoms with Crippen LogP contribution in [0.1, 0.15) is 18.5 Å². The number of para-hydroxylation sites is 1. The zero-order valence-electron chi connectivity index (χ0n) is 16.3. The molecule has 0 bridgehead atoms. The number of carbonyl (C=O) groups excluding carboxylic acids is 1. The zero-order chi connectivity index (χ0) is 20.2. The Morgan fingerprint density at radius 3 is 2.55 bits per heavy atom. The summed E-state index contributed by atoms with van der Waals surface area (Å²) in [7, 11) is 0. The minimum Gasteiger partial charge on any atom is -0.378 e.